The normalized spacial score (nSPS) is 11.6. The molecule has 0 radical (unpaired) electrons. The molecule has 3 nitrogen and oxygen atoms in total. The minimum absolute atomic E-state index is 0.315. The van der Waals surface area contributed by atoms with E-state index in [1.165, 1.54) is 6.20 Å². The second kappa shape index (κ2) is 3.02. The van der Waals surface area contributed by atoms with Crippen LogP contribution in [0.15, 0.2) is 19.0 Å². The van der Waals surface area contributed by atoms with E-state index in [2.05, 4.69) is 11.7 Å². The molecule has 1 rings (SSSR count). The fraction of sp³-hybridized carbons (Fsp3) is 0.286. The number of aliphatic hydroxyl groups excluding tert-OH is 1. The molecule has 0 fully saturated rings. The van der Waals surface area contributed by atoms with Crippen molar-refractivity contribution in [2.24, 2.45) is 0 Å². The summed E-state index contributed by atoms with van der Waals surface area (Å²) in [7, 11) is 0. The van der Waals surface area contributed by atoms with Crippen molar-refractivity contribution in [2.75, 3.05) is 6.61 Å². The quantitative estimate of drug-likeness (QED) is 0.744. The molecular formula is C7H8F2N2O. The summed E-state index contributed by atoms with van der Waals surface area (Å²) in [5.74, 6) is -3.22. The van der Waals surface area contributed by atoms with Crippen molar-refractivity contribution in [2.45, 2.75) is 5.92 Å². The SMILES string of the molecule is C=Cn1cc(C(F)(F)CO)cn1. The van der Waals surface area contributed by atoms with Crippen molar-refractivity contribution < 1.29 is 13.9 Å². The van der Waals surface area contributed by atoms with E-state index >= 15 is 0 Å². The van der Waals surface area contributed by atoms with E-state index in [4.69, 9.17) is 5.11 Å². The Kier molecular flexibility index (Phi) is 2.23. The summed E-state index contributed by atoms with van der Waals surface area (Å²) in [6.45, 7) is 2.13. The highest BCUT2D eigenvalue weighted by molar-refractivity contribution is 5.20. The molecule has 0 aliphatic rings. The fourth-order valence-electron chi connectivity index (χ4n) is 0.718. The Morgan fingerprint density at radius 2 is 2.42 bits per heavy atom. The zero-order chi connectivity index (χ0) is 9.19. The monoisotopic (exact) mass is 174 g/mol. The zero-order valence-corrected chi connectivity index (χ0v) is 6.24. The standard InChI is InChI=1S/C7H8F2N2O/c1-2-11-4-6(3-10-11)7(8,9)5-12/h2-4,12H,1,5H2. The number of alkyl halides is 2. The Balaban J connectivity index is 2.95. The number of rotatable bonds is 3. The highest BCUT2D eigenvalue weighted by Crippen LogP contribution is 2.26. The van der Waals surface area contributed by atoms with Crippen LogP contribution in [0, 0.1) is 0 Å². The fourth-order valence-corrected chi connectivity index (χ4v) is 0.718. The summed E-state index contributed by atoms with van der Waals surface area (Å²) in [5, 5.41) is 11.9. The molecule has 0 aromatic carbocycles. The van der Waals surface area contributed by atoms with E-state index < -0.39 is 12.5 Å². The largest absolute Gasteiger partial charge is 0.390 e. The van der Waals surface area contributed by atoms with Crippen LogP contribution in [0.5, 0.6) is 0 Å². The van der Waals surface area contributed by atoms with Gasteiger partial charge in [0.05, 0.1) is 11.8 Å². The van der Waals surface area contributed by atoms with Crippen LogP contribution in [0.25, 0.3) is 6.20 Å². The summed E-state index contributed by atoms with van der Waals surface area (Å²) in [5.41, 5.74) is -0.315. The highest BCUT2D eigenvalue weighted by atomic mass is 19.3. The average Bonchev–Trinajstić information content (AvgIpc) is 2.52. The first-order valence-corrected chi connectivity index (χ1v) is 3.26. The van der Waals surface area contributed by atoms with E-state index in [0.29, 0.717) is 0 Å². The van der Waals surface area contributed by atoms with E-state index in [-0.39, 0.29) is 5.56 Å². The van der Waals surface area contributed by atoms with Crippen molar-refractivity contribution in [3.05, 3.63) is 24.5 Å². The Morgan fingerprint density at radius 3 is 2.83 bits per heavy atom. The van der Waals surface area contributed by atoms with Gasteiger partial charge >= 0.3 is 0 Å². The predicted molar refractivity (Wildman–Crippen MR) is 39.6 cm³/mol. The number of nitrogens with zero attached hydrogens (tertiary/aromatic N) is 2. The zero-order valence-electron chi connectivity index (χ0n) is 6.24. The Bertz CT molecular complexity index is 283. The average molecular weight is 174 g/mol. The van der Waals surface area contributed by atoms with Crippen LogP contribution < -0.4 is 0 Å². The van der Waals surface area contributed by atoms with Crippen molar-refractivity contribution in [1.29, 1.82) is 0 Å². The molecule has 66 valence electrons. The lowest BCUT2D eigenvalue weighted by atomic mass is 10.2. The van der Waals surface area contributed by atoms with Crippen molar-refractivity contribution >= 4 is 6.20 Å². The van der Waals surface area contributed by atoms with Crippen LogP contribution in [0.4, 0.5) is 8.78 Å². The Hall–Kier alpha value is -1.23. The molecule has 5 heteroatoms. The van der Waals surface area contributed by atoms with Crippen LogP contribution in [0.1, 0.15) is 5.56 Å². The van der Waals surface area contributed by atoms with E-state index in [9.17, 15) is 8.78 Å². The van der Waals surface area contributed by atoms with Crippen molar-refractivity contribution in [1.82, 2.24) is 9.78 Å². The third kappa shape index (κ3) is 1.50. The van der Waals surface area contributed by atoms with Gasteiger partial charge in [-0.25, -0.2) is 4.68 Å². The van der Waals surface area contributed by atoms with E-state index in [1.54, 1.807) is 0 Å². The minimum atomic E-state index is -3.22. The van der Waals surface area contributed by atoms with Crippen LogP contribution in [0.2, 0.25) is 0 Å². The van der Waals surface area contributed by atoms with Crippen LogP contribution >= 0.6 is 0 Å². The number of hydrogen-bond donors (Lipinski definition) is 1. The van der Waals surface area contributed by atoms with Gasteiger partial charge < -0.3 is 5.11 Å². The molecule has 0 bridgehead atoms. The smallest absolute Gasteiger partial charge is 0.298 e. The van der Waals surface area contributed by atoms with E-state index in [1.807, 2.05) is 0 Å². The summed E-state index contributed by atoms with van der Waals surface area (Å²) in [6, 6.07) is 0. The van der Waals surface area contributed by atoms with Crippen molar-refractivity contribution in [3.8, 4) is 0 Å². The lowest BCUT2D eigenvalue weighted by Gasteiger charge is -2.09. The van der Waals surface area contributed by atoms with Gasteiger partial charge in [0.25, 0.3) is 5.92 Å². The van der Waals surface area contributed by atoms with Gasteiger partial charge in [-0.3, -0.25) is 0 Å². The molecule has 1 heterocycles. The van der Waals surface area contributed by atoms with Crippen molar-refractivity contribution in [3.63, 3.8) is 0 Å². The molecule has 0 spiro atoms. The van der Waals surface area contributed by atoms with E-state index in [0.717, 1.165) is 17.1 Å². The molecule has 0 aliphatic carbocycles. The first kappa shape index (κ1) is 8.86. The topological polar surface area (TPSA) is 38.0 Å². The first-order chi connectivity index (χ1) is 5.60. The predicted octanol–water partition coefficient (Wildman–Crippen LogP) is 1.07. The number of hydrogen-bond acceptors (Lipinski definition) is 2. The second-order valence-corrected chi connectivity index (χ2v) is 2.25. The van der Waals surface area contributed by atoms with Gasteiger partial charge in [-0.2, -0.15) is 13.9 Å². The van der Waals surface area contributed by atoms with Gasteiger partial charge in [-0.15, -0.1) is 0 Å². The molecule has 1 N–H and O–H groups in total. The van der Waals surface area contributed by atoms with Gasteiger partial charge in [0.1, 0.15) is 6.61 Å². The lowest BCUT2D eigenvalue weighted by molar-refractivity contribution is -0.0556. The molecule has 0 unspecified atom stereocenters. The van der Waals surface area contributed by atoms with Gasteiger partial charge in [-0.1, -0.05) is 6.58 Å². The molecular weight excluding hydrogens is 166 g/mol. The molecule has 1 aromatic rings. The molecule has 1 aromatic heterocycles. The molecule has 0 amide bonds. The van der Waals surface area contributed by atoms with Gasteiger partial charge in [0.2, 0.25) is 0 Å². The third-order valence-electron chi connectivity index (χ3n) is 1.41. The maximum Gasteiger partial charge on any atom is 0.298 e. The molecule has 0 saturated carbocycles. The Morgan fingerprint density at radius 1 is 1.75 bits per heavy atom. The maximum absolute atomic E-state index is 12.7. The summed E-state index contributed by atoms with van der Waals surface area (Å²) in [4.78, 5) is 0. The first-order valence-electron chi connectivity index (χ1n) is 3.26. The van der Waals surface area contributed by atoms with Gasteiger partial charge in [0, 0.05) is 12.4 Å². The number of aliphatic hydroxyl groups is 1. The molecule has 0 saturated heterocycles. The second-order valence-electron chi connectivity index (χ2n) is 2.25. The van der Waals surface area contributed by atoms with Crippen LogP contribution in [0.3, 0.4) is 0 Å². The highest BCUT2D eigenvalue weighted by Gasteiger charge is 2.31. The summed E-state index contributed by atoms with van der Waals surface area (Å²) >= 11 is 0. The van der Waals surface area contributed by atoms with Gasteiger partial charge in [0.15, 0.2) is 0 Å². The van der Waals surface area contributed by atoms with Crippen LogP contribution in [-0.4, -0.2) is 21.5 Å². The lowest BCUT2D eigenvalue weighted by Crippen LogP contribution is -2.17. The number of halogens is 2. The molecule has 0 aliphatic heterocycles. The molecule has 12 heavy (non-hydrogen) atoms. The summed E-state index contributed by atoms with van der Waals surface area (Å²) in [6.07, 6.45) is 3.40. The molecule has 0 atom stereocenters. The van der Waals surface area contributed by atoms with Crippen LogP contribution in [-0.2, 0) is 5.92 Å². The third-order valence-corrected chi connectivity index (χ3v) is 1.41. The van der Waals surface area contributed by atoms with Gasteiger partial charge in [-0.05, 0) is 0 Å². The Labute approximate surface area is 67.9 Å². The summed E-state index contributed by atoms with van der Waals surface area (Å²) < 4.78 is 26.5. The minimum Gasteiger partial charge on any atom is -0.390 e. The number of aromatic nitrogens is 2. The maximum atomic E-state index is 12.7.